The number of hydrogen-bond donors (Lipinski definition) is 2. The number of carbonyl (C=O) groups is 2. The summed E-state index contributed by atoms with van der Waals surface area (Å²) in [5.74, 6) is -0.782. The number of nitrogens with zero attached hydrogens (tertiary/aromatic N) is 2. The average Bonchev–Trinajstić information content (AvgIpc) is 2.82. The first-order valence-electron chi connectivity index (χ1n) is 6.07. The lowest BCUT2D eigenvalue weighted by Crippen LogP contribution is -2.21. The van der Waals surface area contributed by atoms with Gasteiger partial charge in [0.05, 0.1) is 6.42 Å². The molecule has 0 atom stereocenters. The Balaban J connectivity index is 1.93. The molecule has 0 aliphatic rings. The first-order valence-corrected chi connectivity index (χ1v) is 6.07. The van der Waals surface area contributed by atoms with Crippen molar-refractivity contribution in [1.82, 2.24) is 10.2 Å². The number of aromatic nitrogens is 2. The SMILES string of the molecule is Cc1nnc(NC(=O)COc2ccccc2CC(=O)O)o1. The lowest BCUT2D eigenvalue weighted by molar-refractivity contribution is -0.136. The van der Waals surface area contributed by atoms with Crippen LogP contribution in [0.4, 0.5) is 6.01 Å². The molecule has 1 amide bonds. The summed E-state index contributed by atoms with van der Waals surface area (Å²) >= 11 is 0. The van der Waals surface area contributed by atoms with Crippen LogP contribution in [0, 0.1) is 6.92 Å². The molecule has 0 aliphatic carbocycles. The average molecular weight is 291 g/mol. The fourth-order valence-electron chi connectivity index (χ4n) is 1.60. The Bertz CT molecular complexity index is 653. The number of aliphatic carboxylic acids is 1. The summed E-state index contributed by atoms with van der Waals surface area (Å²) in [5, 5.41) is 18.4. The van der Waals surface area contributed by atoms with Crippen molar-refractivity contribution in [2.24, 2.45) is 0 Å². The molecule has 0 aliphatic heterocycles. The second-order valence-electron chi connectivity index (χ2n) is 4.14. The molecule has 0 unspecified atom stereocenters. The van der Waals surface area contributed by atoms with Crippen LogP contribution >= 0.6 is 0 Å². The Kier molecular flexibility index (Phi) is 4.50. The van der Waals surface area contributed by atoms with E-state index in [0.29, 0.717) is 17.2 Å². The summed E-state index contributed by atoms with van der Waals surface area (Å²) in [7, 11) is 0. The second-order valence-corrected chi connectivity index (χ2v) is 4.14. The highest BCUT2D eigenvalue weighted by Crippen LogP contribution is 2.18. The number of ether oxygens (including phenoxy) is 1. The number of anilines is 1. The molecule has 8 heteroatoms. The lowest BCUT2D eigenvalue weighted by atomic mass is 10.1. The van der Waals surface area contributed by atoms with Crippen LogP contribution in [-0.4, -0.2) is 33.8 Å². The smallest absolute Gasteiger partial charge is 0.322 e. The number of nitrogens with one attached hydrogen (secondary N) is 1. The molecule has 21 heavy (non-hydrogen) atoms. The molecule has 8 nitrogen and oxygen atoms in total. The number of amides is 1. The third-order valence-electron chi connectivity index (χ3n) is 2.45. The highest BCUT2D eigenvalue weighted by atomic mass is 16.5. The number of hydrogen-bond acceptors (Lipinski definition) is 6. The van der Waals surface area contributed by atoms with E-state index in [9.17, 15) is 9.59 Å². The van der Waals surface area contributed by atoms with Crippen LogP contribution in [0.3, 0.4) is 0 Å². The highest BCUT2D eigenvalue weighted by Gasteiger charge is 2.11. The number of aryl methyl sites for hydroxylation is 1. The third kappa shape index (κ3) is 4.30. The van der Waals surface area contributed by atoms with Gasteiger partial charge in [0.25, 0.3) is 5.91 Å². The molecular formula is C13H13N3O5. The molecule has 1 aromatic heterocycles. The molecule has 0 saturated heterocycles. The Morgan fingerprint density at radius 3 is 2.76 bits per heavy atom. The van der Waals surface area contributed by atoms with Crippen LogP contribution in [0.15, 0.2) is 28.7 Å². The van der Waals surface area contributed by atoms with Crippen molar-refractivity contribution in [2.45, 2.75) is 13.3 Å². The van der Waals surface area contributed by atoms with Gasteiger partial charge < -0.3 is 14.3 Å². The van der Waals surface area contributed by atoms with E-state index >= 15 is 0 Å². The van der Waals surface area contributed by atoms with E-state index in [-0.39, 0.29) is 19.0 Å². The van der Waals surface area contributed by atoms with Crippen molar-refractivity contribution in [2.75, 3.05) is 11.9 Å². The molecule has 0 radical (unpaired) electrons. The number of carboxylic acids is 1. The Morgan fingerprint density at radius 1 is 1.33 bits per heavy atom. The van der Waals surface area contributed by atoms with Crippen molar-refractivity contribution in [3.63, 3.8) is 0 Å². The van der Waals surface area contributed by atoms with Gasteiger partial charge in [-0.05, 0) is 6.07 Å². The summed E-state index contributed by atoms with van der Waals surface area (Å²) < 4.78 is 10.3. The summed E-state index contributed by atoms with van der Waals surface area (Å²) in [6.07, 6.45) is -0.180. The quantitative estimate of drug-likeness (QED) is 0.816. The van der Waals surface area contributed by atoms with Gasteiger partial charge in [-0.25, -0.2) is 0 Å². The Hall–Kier alpha value is -2.90. The van der Waals surface area contributed by atoms with E-state index in [1.165, 1.54) is 0 Å². The number of benzene rings is 1. The zero-order chi connectivity index (χ0) is 15.2. The summed E-state index contributed by atoms with van der Waals surface area (Å²) in [6.45, 7) is 1.30. The van der Waals surface area contributed by atoms with Gasteiger partial charge >= 0.3 is 12.0 Å². The minimum absolute atomic E-state index is 0.0140. The maximum atomic E-state index is 11.6. The van der Waals surface area contributed by atoms with Gasteiger partial charge in [-0.3, -0.25) is 14.9 Å². The van der Waals surface area contributed by atoms with Crippen molar-refractivity contribution in [1.29, 1.82) is 0 Å². The molecule has 2 rings (SSSR count). The molecular weight excluding hydrogens is 278 g/mol. The highest BCUT2D eigenvalue weighted by molar-refractivity contribution is 5.89. The maximum absolute atomic E-state index is 11.6. The molecule has 110 valence electrons. The van der Waals surface area contributed by atoms with E-state index < -0.39 is 11.9 Å². The van der Waals surface area contributed by atoms with E-state index in [4.69, 9.17) is 14.3 Å². The van der Waals surface area contributed by atoms with Crippen LogP contribution in [0.2, 0.25) is 0 Å². The molecule has 2 aromatic rings. The lowest BCUT2D eigenvalue weighted by Gasteiger charge is -2.09. The minimum atomic E-state index is -0.975. The van der Waals surface area contributed by atoms with Crippen molar-refractivity contribution < 1.29 is 23.8 Å². The largest absolute Gasteiger partial charge is 0.483 e. The zero-order valence-electron chi connectivity index (χ0n) is 11.2. The summed E-state index contributed by atoms with van der Waals surface area (Å²) in [6, 6.07) is 6.61. The van der Waals surface area contributed by atoms with Crippen LogP contribution in [0.25, 0.3) is 0 Å². The predicted octanol–water partition coefficient (Wildman–Crippen LogP) is 1.02. The molecule has 0 saturated carbocycles. The van der Waals surface area contributed by atoms with Gasteiger partial charge in [0.15, 0.2) is 6.61 Å². The standard InChI is InChI=1S/C13H13N3O5/c1-8-15-16-13(21-8)14-11(17)7-20-10-5-3-2-4-9(10)6-12(18)19/h2-5H,6-7H2,1H3,(H,18,19)(H,14,16,17). The number of carboxylic acid groups (broad SMARTS) is 1. The molecule has 0 bridgehead atoms. The van der Waals surface area contributed by atoms with Gasteiger partial charge in [-0.2, -0.15) is 0 Å². The normalized spacial score (nSPS) is 10.1. The Labute approximate surface area is 119 Å². The first kappa shape index (κ1) is 14.5. The molecule has 0 fully saturated rings. The van der Waals surface area contributed by atoms with Gasteiger partial charge in [-0.15, -0.1) is 5.10 Å². The molecule has 1 heterocycles. The van der Waals surface area contributed by atoms with Crippen molar-refractivity contribution in [3.05, 3.63) is 35.7 Å². The number of rotatable bonds is 6. The van der Waals surface area contributed by atoms with Gasteiger partial charge in [-0.1, -0.05) is 23.3 Å². The molecule has 2 N–H and O–H groups in total. The van der Waals surface area contributed by atoms with Crippen molar-refractivity contribution in [3.8, 4) is 5.75 Å². The summed E-state index contributed by atoms with van der Waals surface area (Å²) in [5.41, 5.74) is 0.492. The first-order chi connectivity index (χ1) is 10.0. The van der Waals surface area contributed by atoms with Crippen LogP contribution in [0.1, 0.15) is 11.5 Å². The van der Waals surface area contributed by atoms with Crippen LogP contribution in [0.5, 0.6) is 5.75 Å². The van der Waals surface area contributed by atoms with Crippen LogP contribution < -0.4 is 10.1 Å². The minimum Gasteiger partial charge on any atom is -0.483 e. The van der Waals surface area contributed by atoms with E-state index in [0.717, 1.165) is 0 Å². The van der Waals surface area contributed by atoms with Crippen molar-refractivity contribution >= 4 is 17.9 Å². The van der Waals surface area contributed by atoms with E-state index in [1.54, 1.807) is 31.2 Å². The third-order valence-corrected chi connectivity index (χ3v) is 2.45. The van der Waals surface area contributed by atoms with Crippen LogP contribution in [-0.2, 0) is 16.0 Å². The van der Waals surface area contributed by atoms with Gasteiger partial charge in [0.1, 0.15) is 5.75 Å². The predicted molar refractivity (Wildman–Crippen MR) is 70.9 cm³/mol. The van der Waals surface area contributed by atoms with E-state index in [2.05, 4.69) is 15.5 Å². The fourth-order valence-corrected chi connectivity index (χ4v) is 1.60. The molecule has 1 aromatic carbocycles. The van der Waals surface area contributed by atoms with Gasteiger partial charge in [0, 0.05) is 12.5 Å². The van der Waals surface area contributed by atoms with Gasteiger partial charge in [0.2, 0.25) is 5.89 Å². The monoisotopic (exact) mass is 291 g/mol. The molecule has 0 spiro atoms. The maximum Gasteiger partial charge on any atom is 0.322 e. The zero-order valence-corrected chi connectivity index (χ0v) is 11.2. The number of para-hydroxylation sites is 1. The second kappa shape index (κ2) is 6.51. The number of carbonyl (C=O) groups excluding carboxylic acids is 1. The fraction of sp³-hybridized carbons (Fsp3) is 0.231. The summed E-state index contributed by atoms with van der Waals surface area (Å²) in [4.78, 5) is 22.4. The van der Waals surface area contributed by atoms with E-state index in [1.807, 2.05) is 0 Å². The topological polar surface area (TPSA) is 115 Å². The Morgan fingerprint density at radius 2 is 2.10 bits per heavy atom.